The van der Waals surface area contributed by atoms with Gasteiger partial charge in [0.1, 0.15) is 12.4 Å². The van der Waals surface area contributed by atoms with Gasteiger partial charge in [-0.2, -0.15) is 0 Å². The lowest BCUT2D eigenvalue weighted by molar-refractivity contribution is -0.137. The molecular formula is C18H16N2O4. The number of aromatic nitrogens is 2. The molecule has 2 heterocycles. The summed E-state index contributed by atoms with van der Waals surface area (Å²) in [5.41, 5.74) is 2.67. The number of hydrogen-bond donors (Lipinski definition) is 1. The minimum atomic E-state index is -0.895. The van der Waals surface area contributed by atoms with E-state index >= 15 is 0 Å². The largest absolute Gasteiger partial charge is 0.480 e. The normalized spacial score (nSPS) is 12.7. The maximum atomic E-state index is 11.3. The molecule has 0 saturated heterocycles. The van der Waals surface area contributed by atoms with Crippen LogP contribution in [0, 0.1) is 0 Å². The molecule has 1 aliphatic heterocycles. The minimum absolute atomic E-state index is 0.125. The van der Waals surface area contributed by atoms with Crippen molar-refractivity contribution in [3.63, 3.8) is 0 Å². The highest BCUT2D eigenvalue weighted by Gasteiger charge is 2.20. The molecule has 1 aliphatic rings. The number of hydrogen-bond acceptors (Lipinski definition) is 4. The highest BCUT2D eigenvalue weighted by Crippen LogP contribution is 2.36. The monoisotopic (exact) mass is 324 g/mol. The van der Waals surface area contributed by atoms with Gasteiger partial charge in [-0.1, -0.05) is 30.3 Å². The number of ether oxygens (including phenoxy) is 2. The molecule has 0 atom stereocenters. The molecule has 24 heavy (non-hydrogen) atoms. The van der Waals surface area contributed by atoms with Gasteiger partial charge >= 0.3 is 5.97 Å². The minimum Gasteiger partial charge on any atom is -0.480 e. The summed E-state index contributed by atoms with van der Waals surface area (Å²) in [5.74, 6) is 1.13. The average molecular weight is 324 g/mol. The molecule has 0 bridgehead atoms. The summed E-state index contributed by atoms with van der Waals surface area (Å²) in [5, 5.41) is 9.24. The number of aliphatic carboxylic acids is 1. The van der Waals surface area contributed by atoms with Gasteiger partial charge in [0, 0.05) is 18.6 Å². The van der Waals surface area contributed by atoms with Crippen LogP contribution in [-0.2, 0) is 24.2 Å². The van der Waals surface area contributed by atoms with E-state index in [9.17, 15) is 9.90 Å². The number of benzene rings is 2. The Bertz CT molecular complexity index is 902. The number of fused-ring (bicyclic) bond motifs is 2. The van der Waals surface area contributed by atoms with Crippen molar-refractivity contribution in [2.45, 2.75) is 19.4 Å². The van der Waals surface area contributed by atoms with Crippen LogP contribution in [0.2, 0.25) is 0 Å². The van der Waals surface area contributed by atoms with E-state index in [0.717, 1.165) is 23.3 Å². The van der Waals surface area contributed by atoms with E-state index in [-0.39, 0.29) is 13.3 Å². The molecule has 0 saturated carbocycles. The molecule has 2 aromatic carbocycles. The van der Waals surface area contributed by atoms with E-state index in [4.69, 9.17) is 9.47 Å². The van der Waals surface area contributed by atoms with Crippen molar-refractivity contribution in [1.82, 2.24) is 9.55 Å². The topological polar surface area (TPSA) is 73.6 Å². The van der Waals surface area contributed by atoms with Gasteiger partial charge in [0.05, 0.1) is 11.0 Å². The van der Waals surface area contributed by atoms with E-state index in [1.165, 1.54) is 5.56 Å². The first-order chi connectivity index (χ1) is 11.7. The van der Waals surface area contributed by atoms with Crippen LogP contribution in [0.3, 0.4) is 0 Å². The van der Waals surface area contributed by atoms with Crippen molar-refractivity contribution in [1.29, 1.82) is 0 Å². The molecule has 0 radical (unpaired) electrons. The van der Waals surface area contributed by atoms with Crippen LogP contribution < -0.4 is 9.47 Å². The first-order valence-corrected chi connectivity index (χ1v) is 7.75. The van der Waals surface area contributed by atoms with Gasteiger partial charge in [0.15, 0.2) is 11.5 Å². The Morgan fingerprint density at radius 1 is 1.12 bits per heavy atom. The zero-order valence-electron chi connectivity index (χ0n) is 12.9. The van der Waals surface area contributed by atoms with Crippen LogP contribution in [0.25, 0.3) is 11.0 Å². The predicted octanol–water partition coefficient (Wildman–Crippen LogP) is 2.63. The summed E-state index contributed by atoms with van der Waals surface area (Å²) >= 11 is 0. The predicted molar refractivity (Wildman–Crippen MR) is 87.3 cm³/mol. The number of rotatable bonds is 5. The zero-order chi connectivity index (χ0) is 16.5. The lowest BCUT2D eigenvalue weighted by atomic mass is 10.1. The summed E-state index contributed by atoms with van der Waals surface area (Å²) in [6.07, 6.45) is 1.47. The summed E-state index contributed by atoms with van der Waals surface area (Å²) in [6.45, 7) is 0.0575. The Balaban J connectivity index is 1.71. The molecule has 0 unspecified atom stereocenters. The number of nitrogens with zero attached hydrogens (tertiary/aromatic N) is 2. The van der Waals surface area contributed by atoms with Gasteiger partial charge in [-0.3, -0.25) is 4.79 Å². The molecule has 0 aliphatic carbocycles. The zero-order valence-corrected chi connectivity index (χ0v) is 12.9. The fourth-order valence-electron chi connectivity index (χ4n) is 2.97. The number of aryl methyl sites for hydroxylation is 2. The maximum absolute atomic E-state index is 11.3. The third kappa shape index (κ3) is 2.67. The quantitative estimate of drug-likeness (QED) is 0.781. The van der Waals surface area contributed by atoms with Crippen molar-refractivity contribution in [3.8, 4) is 11.5 Å². The fraction of sp³-hybridized carbons (Fsp3) is 0.222. The average Bonchev–Trinajstić information content (AvgIpc) is 3.16. The molecule has 6 heteroatoms. The maximum Gasteiger partial charge on any atom is 0.323 e. The van der Waals surface area contributed by atoms with Crippen LogP contribution in [0.4, 0.5) is 0 Å². The molecular weight excluding hydrogens is 308 g/mol. The fourth-order valence-corrected chi connectivity index (χ4v) is 2.97. The lowest BCUT2D eigenvalue weighted by Crippen LogP contribution is -2.12. The summed E-state index contributed by atoms with van der Waals surface area (Å²) < 4.78 is 12.5. The van der Waals surface area contributed by atoms with Crippen molar-refractivity contribution in [2.75, 3.05) is 6.79 Å². The highest BCUT2D eigenvalue weighted by molar-refractivity contribution is 5.82. The van der Waals surface area contributed by atoms with Crippen molar-refractivity contribution in [2.24, 2.45) is 0 Å². The Labute approximate surface area is 138 Å². The third-order valence-corrected chi connectivity index (χ3v) is 4.10. The lowest BCUT2D eigenvalue weighted by Gasteiger charge is -2.07. The smallest absolute Gasteiger partial charge is 0.323 e. The van der Waals surface area contributed by atoms with E-state index in [1.54, 1.807) is 10.6 Å². The van der Waals surface area contributed by atoms with Gasteiger partial charge in [-0.15, -0.1) is 0 Å². The third-order valence-electron chi connectivity index (χ3n) is 4.10. The van der Waals surface area contributed by atoms with Gasteiger partial charge in [0.2, 0.25) is 6.79 Å². The van der Waals surface area contributed by atoms with E-state index in [2.05, 4.69) is 17.1 Å². The standard InChI is InChI=1S/C18H16N2O4/c21-18(22)10-20-14-9-16-15(23-11-24-16)8-13(14)19-17(20)7-6-12-4-2-1-3-5-12/h1-5,8-9H,6-7,10-11H2,(H,21,22). The summed E-state index contributed by atoms with van der Waals surface area (Å²) in [7, 11) is 0. The number of carboxylic acid groups (broad SMARTS) is 1. The molecule has 6 nitrogen and oxygen atoms in total. The molecule has 0 spiro atoms. The molecule has 3 aromatic rings. The van der Waals surface area contributed by atoms with E-state index in [0.29, 0.717) is 17.9 Å². The molecule has 122 valence electrons. The van der Waals surface area contributed by atoms with Crippen molar-refractivity contribution >= 4 is 17.0 Å². The van der Waals surface area contributed by atoms with Crippen LogP contribution in [0.1, 0.15) is 11.4 Å². The number of carboxylic acids is 1. The van der Waals surface area contributed by atoms with Crippen LogP contribution in [0.5, 0.6) is 11.5 Å². The molecule has 1 N–H and O–H groups in total. The first kappa shape index (κ1) is 14.6. The number of imidazole rings is 1. The second-order valence-corrected chi connectivity index (χ2v) is 5.69. The Hall–Kier alpha value is -3.02. The van der Waals surface area contributed by atoms with Gasteiger partial charge < -0.3 is 19.1 Å². The van der Waals surface area contributed by atoms with Crippen LogP contribution >= 0.6 is 0 Å². The van der Waals surface area contributed by atoms with Crippen LogP contribution in [-0.4, -0.2) is 27.4 Å². The van der Waals surface area contributed by atoms with Gasteiger partial charge in [-0.05, 0) is 12.0 Å². The molecule has 0 amide bonds. The molecule has 1 aromatic heterocycles. The first-order valence-electron chi connectivity index (χ1n) is 7.75. The van der Waals surface area contributed by atoms with Gasteiger partial charge in [-0.25, -0.2) is 4.98 Å². The Morgan fingerprint density at radius 2 is 1.88 bits per heavy atom. The Kier molecular flexibility index (Phi) is 3.57. The van der Waals surface area contributed by atoms with Crippen LogP contribution in [0.15, 0.2) is 42.5 Å². The highest BCUT2D eigenvalue weighted by atomic mass is 16.7. The summed E-state index contributed by atoms with van der Waals surface area (Å²) in [4.78, 5) is 15.9. The molecule has 0 fully saturated rings. The Morgan fingerprint density at radius 3 is 2.62 bits per heavy atom. The second kappa shape index (κ2) is 5.88. The summed E-state index contributed by atoms with van der Waals surface area (Å²) in [6, 6.07) is 13.7. The van der Waals surface area contributed by atoms with Crippen molar-refractivity contribution < 1.29 is 19.4 Å². The van der Waals surface area contributed by atoms with E-state index < -0.39 is 5.97 Å². The van der Waals surface area contributed by atoms with Crippen molar-refractivity contribution in [3.05, 3.63) is 53.9 Å². The van der Waals surface area contributed by atoms with E-state index in [1.807, 2.05) is 24.3 Å². The van der Waals surface area contributed by atoms with Gasteiger partial charge in [0.25, 0.3) is 0 Å². The number of carbonyl (C=O) groups is 1. The SMILES string of the molecule is O=C(O)Cn1c(CCc2ccccc2)nc2cc3c(cc21)OCO3. The molecule has 4 rings (SSSR count). The second-order valence-electron chi connectivity index (χ2n) is 5.69.